The van der Waals surface area contributed by atoms with Gasteiger partial charge in [0.1, 0.15) is 4.88 Å². The molecule has 0 radical (unpaired) electrons. The molecule has 20 heavy (non-hydrogen) atoms. The summed E-state index contributed by atoms with van der Waals surface area (Å²) in [5, 5.41) is 4.35. The normalized spacial score (nSPS) is 11.2. The quantitative estimate of drug-likeness (QED) is 0.281. The first-order chi connectivity index (χ1) is 9.63. The molecule has 2 rings (SSSR count). The largest absolute Gasteiger partial charge is 0.304 e. The predicted molar refractivity (Wildman–Crippen MR) is 82.8 cm³/mol. The molecule has 0 unspecified atom stereocenters. The Labute approximate surface area is 125 Å². The minimum Gasteiger partial charge on any atom is -0.304 e. The van der Waals surface area contributed by atoms with Crippen LogP contribution in [0.3, 0.4) is 0 Å². The maximum atomic E-state index is 5.37. The van der Waals surface area contributed by atoms with E-state index < -0.39 is 0 Å². The van der Waals surface area contributed by atoms with Crippen LogP contribution in [0.15, 0.2) is 29.5 Å². The summed E-state index contributed by atoms with van der Waals surface area (Å²) in [6.07, 6.45) is 3.35. The lowest BCUT2D eigenvalue weighted by Crippen LogP contribution is -2.44. The third kappa shape index (κ3) is 3.13. The van der Waals surface area contributed by atoms with E-state index in [0.29, 0.717) is 10.9 Å². The van der Waals surface area contributed by atoms with Crippen molar-refractivity contribution in [1.82, 2.24) is 24.9 Å². The van der Waals surface area contributed by atoms with E-state index in [-0.39, 0.29) is 0 Å². The number of hydrogen-bond acceptors (Lipinski definition) is 7. The lowest BCUT2D eigenvalue weighted by atomic mass is 10.3. The number of aromatic nitrogens is 3. The van der Waals surface area contributed by atoms with Crippen molar-refractivity contribution in [1.29, 1.82) is 0 Å². The van der Waals surface area contributed by atoms with E-state index in [0.717, 1.165) is 16.3 Å². The van der Waals surface area contributed by atoms with Crippen LogP contribution < -0.4 is 11.3 Å². The van der Waals surface area contributed by atoms with Gasteiger partial charge in [0.15, 0.2) is 10.9 Å². The average Bonchev–Trinajstić information content (AvgIpc) is 2.90. The monoisotopic (exact) mass is 307 g/mol. The van der Waals surface area contributed by atoms with Gasteiger partial charge in [-0.15, -0.1) is 5.10 Å². The fourth-order valence-electron chi connectivity index (χ4n) is 1.45. The number of aliphatic imine (C=N–C) groups is 1. The smallest absolute Gasteiger partial charge is 0.188 e. The molecule has 2 heterocycles. The maximum Gasteiger partial charge on any atom is 0.188 e. The summed E-state index contributed by atoms with van der Waals surface area (Å²) < 4.78 is 3.93. The Bertz CT molecular complexity index is 623. The van der Waals surface area contributed by atoms with E-state index in [4.69, 9.17) is 18.1 Å². The molecule has 0 saturated heterocycles. The zero-order valence-corrected chi connectivity index (χ0v) is 12.6. The maximum absolute atomic E-state index is 5.37. The van der Waals surface area contributed by atoms with Crippen molar-refractivity contribution in [3.63, 3.8) is 0 Å². The van der Waals surface area contributed by atoms with E-state index in [1.165, 1.54) is 11.5 Å². The highest BCUT2D eigenvalue weighted by atomic mass is 32.1. The molecule has 0 amide bonds. The molecule has 2 aromatic heterocycles. The summed E-state index contributed by atoms with van der Waals surface area (Å²) in [6.45, 7) is 1.87. The van der Waals surface area contributed by atoms with Gasteiger partial charge in [-0.2, -0.15) is 0 Å². The molecule has 2 aromatic rings. The molecule has 9 heteroatoms. The van der Waals surface area contributed by atoms with E-state index in [9.17, 15) is 0 Å². The minimum atomic E-state index is 0.352. The van der Waals surface area contributed by atoms with Gasteiger partial charge in [0.25, 0.3) is 0 Å². The van der Waals surface area contributed by atoms with Crippen LogP contribution in [-0.4, -0.2) is 37.5 Å². The van der Waals surface area contributed by atoms with Gasteiger partial charge in [0.05, 0.1) is 11.4 Å². The van der Waals surface area contributed by atoms with E-state index in [1.807, 2.05) is 6.92 Å². The average molecular weight is 307 g/mol. The van der Waals surface area contributed by atoms with Crippen molar-refractivity contribution < 1.29 is 0 Å². The number of thiocarbonyl (C=S) groups is 1. The minimum absolute atomic E-state index is 0.352. The lowest BCUT2D eigenvalue weighted by molar-refractivity contribution is 0.723. The molecule has 0 aliphatic carbocycles. The summed E-state index contributed by atoms with van der Waals surface area (Å²) in [6, 6.07) is 3.60. The van der Waals surface area contributed by atoms with Gasteiger partial charge >= 0.3 is 0 Å². The van der Waals surface area contributed by atoms with Gasteiger partial charge in [0.2, 0.25) is 0 Å². The molecular formula is C11H13N7S2. The molecule has 3 N–H and O–H groups in total. The van der Waals surface area contributed by atoms with E-state index in [2.05, 4.69) is 25.0 Å². The summed E-state index contributed by atoms with van der Waals surface area (Å²) in [5.74, 6) is 6.00. The van der Waals surface area contributed by atoms with Crippen LogP contribution >= 0.6 is 23.8 Å². The number of nitrogens with one attached hydrogen (secondary N) is 1. The van der Waals surface area contributed by atoms with Gasteiger partial charge in [-0.1, -0.05) is 4.49 Å². The zero-order valence-electron chi connectivity index (χ0n) is 10.9. The van der Waals surface area contributed by atoms with Crippen LogP contribution in [0.25, 0.3) is 0 Å². The third-order valence-corrected chi connectivity index (χ3v) is 3.71. The number of nitrogens with zero attached hydrogens (tertiary/aromatic N) is 5. The van der Waals surface area contributed by atoms with Crippen molar-refractivity contribution >= 4 is 40.4 Å². The fraction of sp³-hybridized carbons (Fsp3) is 0.182. The highest BCUT2D eigenvalue weighted by molar-refractivity contribution is 7.80. The molecule has 0 atom stereocenters. The zero-order chi connectivity index (χ0) is 14.5. The van der Waals surface area contributed by atoms with Crippen molar-refractivity contribution in [3.05, 3.63) is 35.1 Å². The van der Waals surface area contributed by atoms with Gasteiger partial charge < -0.3 is 10.3 Å². The molecule has 0 bridgehead atoms. The van der Waals surface area contributed by atoms with Crippen LogP contribution in [0, 0.1) is 6.92 Å². The number of hydrogen-bond donors (Lipinski definition) is 2. The Morgan fingerprint density at radius 1 is 1.45 bits per heavy atom. The number of amidine groups is 1. The molecule has 104 valence electrons. The summed E-state index contributed by atoms with van der Waals surface area (Å²) in [7, 11) is 1.78. The highest BCUT2D eigenvalue weighted by Gasteiger charge is 2.18. The predicted octanol–water partition coefficient (Wildman–Crippen LogP) is 1.000. The topological polar surface area (TPSA) is 92.3 Å². The summed E-state index contributed by atoms with van der Waals surface area (Å²) in [5.41, 5.74) is 3.99. The first-order valence-corrected chi connectivity index (χ1v) is 6.84. The number of aryl methyl sites for hydroxylation is 1. The molecule has 0 aliphatic rings. The van der Waals surface area contributed by atoms with Crippen LogP contribution in [0.2, 0.25) is 0 Å². The molecule has 0 saturated carbocycles. The van der Waals surface area contributed by atoms with Crippen LogP contribution in [0.4, 0.5) is 5.69 Å². The molecule has 0 spiro atoms. The number of pyridine rings is 1. The third-order valence-electron chi connectivity index (χ3n) is 2.50. The Morgan fingerprint density at radius 2 is 2.15 bits per heavy atom. The fourth-order valence-corrected chi connectivity index (χ4v) is 2.22. The van der Waals surface area contributed by atoms with Crippen LogP contribution in [0.5, 0.6) is 0 Å². The van der Waals surface area contributed by atoms with Crippen molar-refractivity contribution in [3.8, 4) is 0 Å². The summed E-state index contributed by atoms with van der Waals surface area (Å²) in [4.78, 5) is 11.1. The van der Waals surface area contributed by atoms with Gasteiger partial charge in [-0.3, -0.25) is 4.98 Å². The second-order valence-electron chi connectivity index (χ2n) is 3.84. The molecule has 0 aliphatic heterocycles. The first-order valence-electron chi connectivity index (χ1n) is 5.66. The van der Waals surface area contributed by atoms with E-state index >= 15 is 0 Å². The Kier molecular flexibility index (Phi) is 4.66. The lowest BCUT2D eigenvalue weighted by Gasteiger charge is -2.20. The van der Waals surface area contributed by atoms with Gasteiger partial charge in [-0.05, 0) is 42.8 Å². The van der Waals surface area contributed by atoms with E-state index in [1.54, 1.807) is 36.5 Å². The SMILES string of the molecule is Cc1nnsc1C(=Nc1ccncc1)N(C)C(=S)NN. The van der Waals surface area contributed by atoms with Crippen molar-refractivity contribution in [2.75, 3.05) is 7.05 Å². The van der Waals surface area contributed by atoms with Gasteiger partial charge in [0, 0.05) is 19.4 Å². The number of hydrazine groups is 1. The first kappa shape index (κ1) is 14.4. The Morgan fingerprint density at radius 3 is 2.70 bits per heavy atom. The standard InChI is InChI=1S/C11H13N7S2/c1-7-9(20-17-16-7)10(18(2)11(19)15-12)14-8-3-5-13-6-4-8/h3-6H,12H2,1-2H3,(H,15,19). The van der Waals surface area contributed by atoms with Crippen molar-refractivity contribution in [2.24, 2.45) is 10.8 Å². The number of rotatable bonds is 2. The molecule has 0 fully saturated rings. The second-order valence-corrected chi connectivity index (χ2v) is 4.98. The molecule has 0 aromatic carbocycles. The van der Waals surface area contributed by atoms with Gasteiger partial charge in [-0.25, -0.2) is 10.8 Å². The summed E-state index contributed by atoms with van der Waals surface area (Å²) >= 11 is 6.40. The Hall–Kier alpha value is -1.97. The van der Waals surface area contributed by atoms with Crippen LogP contribution in [0.1, 0.15) is 10.6 Å². The van der Waals surface area contributed by atoms with Crippen LogP contribution in [-0.2, 0) is 0 Å². The Balaban J connectivity index is 2.48. The highest BCUT2D eigenvalue weighted by Crippen LogP contribution is 2.18. The van der Waals surface area contributed by atoms with Crippen molar-refractivity contribution in [2.45, 2.75) is 6.92 Å². The molecular weight excluding hydrogens is 294 g/mol. The molecule has 7 nitrogen and oxygen atoms in total. The number of nitrogens with two attached hydrogens (primary N) is 1. The second kappa shape index (κ2) is 6.46.